The summed E-state index contributed by atoms with van der Waals surface area (Å²) in [5.74, 6) is -2.67. The highest BCUT2D eigenvalue weighted by Crippen LogP contribution is 2.41. The largest absolute Gasteiger partial charge is 0.478 e. The Labute approximate surface area is 127 Å². The molecule has 0 spiro atoms. The van der Waals surface area contributed by atoms with Crippen LogP contribution in [0.4, 0.5) is 0 Å². The molecular weight excluding hydrogens is 303 g/mol. The van der Waals surface area contributed by atoms with E-state index in [-0.39, 0.29) is 16.7 Å². The SMILES string of the molecule is CCCCCC(Cl)(Cl)c1cccc(C(=O)O)c1C(=O)O. The molecule has 0 aliphatic rings. The minimum absolute atomic E-state index is 0.129. The van der Waals surface area contributed by atoms with Crippen LogP contribution >= 0.6 is 23.2 Å². The van der Waals surface area contributed by atoms with Crippen LogP contribution in [-0.4, -0.2) is 22.2 Å². The number of aromatic carboxylic acids is 2. The van der Waals surface area contributed by atoms with Gasteiger partial charge in [0.2, 0.25) is 0 Å². The summed E-state index contributed by atoms with van der Waals surface area (Å²) in [6.45, 7) is 2.03. The van der Waals surface area contributed by atoms with Crippen molar-refractivity contribution in [1.82, 2.24) is 0 Å². The predicted molar refractivity (Wildman–Crippen MR) is 77.9 cm³/mol. The van der Waals surface area contributed by atoms with Crippen molar-refractivity contribution in [2.24, 2.45) is 0 Å². The summed E-state index contributed by atoms with van der Waals surface area (Å²) in [5, 5.41) is 18.3. The molecule has 0 unspecified atom stereocenters. The summed E-state index contributed by atoms with van der Waals surface area (Å²) in [4.78, 5) is 22.5. The number of alkyl halides is 2. The summed E-state index contributed by atoms with van der Waals surface area (Å²) < 4.78 is -1.41. The third-order valence-electron chi connectivity index (χ3n) is 3.00. The van der Waals surface area contributed by atoms with Crippen molar-refractivity contribution < 1.29 is 19.8 Å². The van der Waals surface area contributed by atoms with Gasteiger partial charge in [0, 0.05) is 5.56 Å². The van der Waals surface area contributed by atoms with Crippen LogP contribution in [-0.2, 0) is 4.33 Å². The Morgan fingerprint density at radius 3 is 2.30 bits per heavy atom. The Morgan fingerprint density at radius 2 is 1.80 bits per heavy atom. The lowest BCUT2D eigenvalue weighted by atomic mass is 9.95. The van der Waals surface area contributed by atoms with Gasteiger partial charge in [0.1, 0.15) is 4.33 Å². The molecule has 4 nitrogen and oxygen atoms in total. The van der Waals surface area contributed by atoms with Crippen molar-refractivity contribution in [3.05, 3.63) is 34.9 Å². The minimum atomic E-state index is -1.41. The Morgan fingerprint density at radius 1 is 1.15 bits per heavy atom. The number of rotatable bonds is 7. The zero-order valence-corrected chi connectivity index (χ0v) is 12.5. The third-order valence-corrected chi connectivity index (χ3v) is 3.78. The lowest BCUT2D eigenvalue weighted by Crippen LogP contribution is -2.19. The van der Waals surface area contributed by atoms with Gasteiger partial charge in [-0.05, 0) is 12.5 Å². The smallest absolute Gasteiger partial charge is 0.336 e. The summed E-state index contributed by atoms with van der Waals surface area (Å²) >= 11 is 12.5. The quantitative estimate of drug-likeness (QED) is 0.580. The number of benzene rings is 1. The van der Waals surface area contributed by atoms with Gasteiger partial charge in [-0.15, -0.1) is 0 Å². The zero-order chi connectivity index (χ0) is 15.3. The second-order valence-corrected chi connectivity index (χ2v) is 5.98. The lowest BCUT2D eigenvalue weighted by Gasteiger charge is -2.22. The van der Waals surface area contributed by atoms with Gasteiger partial charge in [-0.25, -0.2) is 9.59 Å². The van der Waals surface area contributed by atoms with Crippen molar-refractivity contribution in [2.75, 3.05) is 0 Å². The molecule has 0 atom stereocenters. The van der Waals surface area contributed by atoms with E-state index in [0.29, 0.717) is 6.42 Å². The molecule has 1 aromatic carbocycles. The second kappa shape index (κ2) is 6.95. The molecule has 0 heterocycles. The summed E-state index contributed by atoms with van der Waals surface area (Å²) in [6.07, 6.45) is 3.00. The standard InChI is InChI=1S/C14H16Cl2O4/c1-2-3-4-8-14(15,16)10-7-5-6-9(12(17)18)11(10)13(19)20/h5-7H,2-4,8H2,1H3,(H,17,18)(H,19,20). The number of carbonyl (C=O) groups is 2. The van der Waals surface area contributed by atoms with E-state index in [2.05, 4.69) is 0 Å². The van der Waals surface area contributed by atoms with E-state index in [0.717, 1.165) is 19.3 Å². The highest BCUT2D eigenvalue weighted by molar-refractivity contribution is 6.48. The molecule has 0 bridgehead atoms. The molecule has 0 saturated heterocycles. The summed E-state index contributed by atoms with van der Waals surface area (Å²) in [7, 11) is 0. The average Bonchev–Trinajstić information content (AvgIpc) is 2.37. The van der Waals surface area contributed by atoms with Gasteiger partial charge in [0.05, 0.1) is 11.1 Å². The Hall–Kier alpha value is -1.26. The second-order valence-electron chi connectivity index (χ2n) is 4.50. The fourth-order valence-corrected chi connectivity index (χ4v) is 2.58. The van der Waals surface area contributed by atoms with Crippen LogP contribution in [0.3, 0.4) is 0 Å². The van der Waals surface area contributed by atoms with E-state index in [4.69, 9.17) is 28.3 Å². The van der Waals surface area contributed by atoms with Crippen LogP contribution in [0.2, 0.25) is 0 Å². The molecule has 110 valence electrons. The van der Waals surface area contributed by atoms with Gasteiger partial charge < -0.3 is 10.2 Å². The number of hydrogen-bond acceptors (Lipinski definition) is 2. The topological polar surface area (TPSA) is 74.6 Å². The third kappa shape index (κ3) is 3.87. The van der Waals surface area contributed by atoms with E-state index < -0.39 is 16.3 Å². The molecule has 1 rings (SSSR count). The molecule has 2 N–H and O–H groups in total. The molecule has 0 fully saturated rings. The number of unbranched alkanes of at least 4 members (excludes halogenated alkanes) is 2. The van der Waals surface area contributed by atoms with Crippen LogP contribution in [0.15, 0.2) is 18.2 Å². The summed E-state index contributed by atoms with van der Waals surface area (Å²) in [5.41, 5.74) is -0.526. The first-order valence-electron chi connectivity index (χ1n) is 6.29. The minimum Gasteiger partial charge on any atom is -0.478 e. The van der Waals surface area contributed by atoms with Crippen molar-refractivity contribution in [3.8, 4) is 0 Å². The Balaban J connectivity index is 3.26. The van der Waals surface area contributed by atoms with Crippen molar-refractivity contribution in [1.29, 1.82) is 0 Å². The van der Waals surface area contributed by atoms with Gasteiger partial charge >= 0.3 is 11.9 Å². The molecule has 0 aliphatic heterocycles. The van der Waals surface area contributed by atoms with Crippen LogP contribution < -0.4 is 0 Å². The maximum absolute atomic E-state index is 11.3. The highest BCUT2D eigenvalue weighted by atomic mass is 35.5. The molecule has 6 heteroatoms. The number of carboxylic acid groups (broad SMARTS) is 2. The highest BCUT2D eigenvalue weighted by Gasteiger charge is 2.33. The number of halogens is 2. The van der Waals surface area contributed by atoms with Crippen LogP contribution in [0.25, 0.3) is 0 Å². The van der Waals surface area contributed by atoms with Gasteiger partial charge in [-0.2, -0.15) is 0 Å². The van der Waals surface area contributed by atoms with Crippen molar-refractivity contribution in [2.45, 2.75) is 36.9 Å². The first-order valence-corrected chi connectivity index (χ1v) is 7.04. The molecule has 0 aromatic heterocycles. The first-order chi connectivity index (χ1) is 9.31. The normalized spacial score (nSPS) is 11.3. The van der Waals surface area contributed by atoms with Crippen LogP contribution in [0.1, 0.15) is 58.9 Å². The van der Waals surface area contributed by atoms with Gasteiger partial charge in [0.25, 0.3) is 0 Å². The molecule has 0 aliphatic carbocycles. The molecule has 0 amide bonds. The van der Waals surface area contributed by atoms with Crippen LogP contribution in [0, 0.1) is 0 Å². The molecule has 1 aromatic rings. The van der Waals surface area contributed by atoms with E-state index in [1.165, 1.54) is 18.2 Å². The predicted octanol–water partition coefficient (Wildman–Crippen LogP) is 4.29. The van der Waals surface area contributed by atoms with E-state index in [1.807, 2.05) is 6.92 Å². The first kappa shape index (κ1) is 16.8. The molecular formula is C14H16Cl2O4. The van der Waals surface area contributed by atoms with E-state index in [1.54, 1.807) is 0 Å². The van der Waals surface area contributed by atoms with Crippen molar-refractivity contribution in [3.63, 3.8) is 0 Å². The Kier molecular flexibility index (Phi) is 5.84. The van der Waals surface area contributed by atoms with Gasteiger partial charge in [-0.3, -0.25) is 0 Å². The van der Waals surface area contributed by atoms with E-state index >= 15 is 0 Å². The molecule has 20 heavy (non-hydrogen) atoms. The van der Waals surface area contributed by atoms with E-state index in [9.17, 15) is 14.7 Å². The van der Waals surface area contributed by atoms with Gasteiger partial charge in [0.15, 0.2) is 0 Å². The molecule has 0 radical (unpaired) electrons. The van der Waals surface area contributed by atoms with Crippen molar-refractivity contribution >= 4 is 35.1 Å². The Bertz CT molecular complexity index is 512. The number of hydrogen-bond donors (Lipinski definition) is 2. The van der Waals surface area contributed by atoms with Crippen LogP contribution in [0.5, 0.6) is 0 Å². The molecule has 0 saturated carbocycles. The fourth-order valence-electron chi connectivity index (χ4n) is 2.00. The lowest BCUT2D eigenvalue weighted by molar-refractivity contribution is 0.0650. The van der Waals surface area contributed by atoms with Gasteiger partial charge in [-0.1, -0.05) is 61.5 Å². The average molecular weight is 319 g/mol. The zero-order valence-electron chi connectivity index (χ0n) is 11.0. The monoisotopic (exact) mass is 318 g/mol. The summed E-state index contributed by atoms with van der Waals surface area (Å²) in [6, 6.07) is 4.14. The maximum Gasteiger partial charge on any atom is 0.336 e. The number of carboxylic acids is 2. The maximum atomic E-state index is 11.3. The fraction of sp³-hybridized carbons (Fsp3) is 0.429.